The van der Waals surface area contributed by atoms with E-state index in [1.54, 1.807) is 0 Å². The van der Waals surface area contributed by atoms with Crippen LogP contribution in [0.2, 0.25) is 0 Å². The maximum atomic E-state index is 4.95. The third kappa shape index (κ3) is 4.26. The number of aryl methyl sites for hydroxylation is 1. The summed E-state index contributed by atoms with van der Waals surface area (Å²) in [5.41, 5.74) is 7.04. The topological polar surface area (TPSA) is 36.7 Å². The lowest BCUT2D eigenvalue weighted by atomic mass is 9.94. The average molecular weight is 426 g/mol. The molecule has 1 unspecified atom stereocenters. The van der Waals surface area contributed by atoms with E-state index in [-0.39, 0.29) is 0 Å². The Morgan fingerprint density at radius 3 is 2.44 bits per heavy atom. The normalized spacial score (nSPS) is 17.0. The molecule has 2 aromatic carbocycles. The highest BCUT2D eigenvalue weighted by molar-refractivity contribution is 5.71. The van der Waals surface area contributed by atoms with Gasteiger partial charge in [-0.2, -0.15) is 5.10 Å². The molecule has 2 aromatic heterocycles. The number of hydrogen-bond acceptors (Lipinski definition) is 4. The summed E-state index contributed by atoms with van der Waals surface area (Å²) < 4.78 is 2.10. The molecule has 0 spiro atoms. The van der Waals surface area contributed by atoms with Crippen LogP contribution in [-0.2, 0) is 13.1 Å². The number of rotatable bonds is 6. The molecule has 5 rings (SSSR count). The minimum Gasteiger partial charge on any atom is -0.366 e. The van der Waals surface area contributed by atoms with Crippen molar-refractivity contribution in [3.8, 4) is 0 Å². The lowest BCUT2D eigenvalue weighted by molar-refractivity contribution is 0.197. The first kappa shape index (κ1) is 20.7. The summed E-state index contributed by atoms with van der Waals surface area (Å²) >= 11 is 0. The molecule has 1 aliphatic rings. The Morgan fingerprint density at radius 2 is 1.69 bits per heavy atom. The summed E-state index contributed by atoms with van der Waals surface area (Å²) in [6.07, 6.45) is 4.36. The van der Waals surface area contributed by atoms with Gasteiger partial charge in [0.1, 0.15) is 5.69 Å². The second-order valence-corrected chi connectivity index (χ2v) is 8.94. The monoisotopic (exact) mass is 425 g/mol. The zero-order valence-corrected chi connectivity index (χ0v) is 19.0. The van der Waals surface area contributed by atoms with Gasteiger partial charge in [-0.15, -0.1) is 0 Å². The van der Waals surface area contributed by atoms with Crippen LogP contribution in [0.3, 0.4) is 0 Å². The Labute approximate surface area is 190 Å². The van der Waals surface area contributed by atoms with E-state index in [2.05, 4.69) is 95.0 Å². The van der Waals surface area contributed by atoms with Crippen molar-refractivity contribution in [3.63, 3.8) is 0 Å². The summed E-state index contributed by atoms with van der Waals surface area (Å²) in [5.74, 6) is 0.463. The number of piperidine rings is 1. The minimum atomic E-state index is 0.463. The molecule has 1 fully saturated rings. The molecule has 0 amide bonds. The SMILES string of the molecule is Cc1nn2c(C3CCCN(Cc4ccccc4)C3)ccnc2c1N(C)Cc1ccccc1. The first-order valence-electron chi connectivity index (χ1n) is 11.5. The predicted molar refractivity (Wildman–Crippen MR) is 130 cm³/mol. The van der Waals surface area contributed by atoms with Crippen molar-refractivity contribution in [1.82, 2.24) is 19.5 Å². The Kier molecular flexibility index (Phi) is 5.91. The fourth-order valence-electron chi connectivity index (χ4n) is 5.03. The van der Waals surface area contributed by atoms with E-state index in [0.717, 1.165) is 43.2 Å². The van der Waals surface area contributed by atoms with Gasteiger partial charge in [-0.1, -0.05) is 60.7 Å². The smallest absolute Gasteiger partial charge is 0.179 e. The van der Waals surface area contributed by atoms with E-state index in [4.69, 9.17) is 10.1 Å². The van der Waals surface area contributed by atoms with Crippen molar-refractivity contribution in [3.05, 3.63) is 95.4 Å². The lowest BCUT2D eigenvalue weighted by Crippen LogP contribution is -2.34. The van der Waals surface area contributed by atoms with Crippen LogP contribution < -0.4 is 4.90 Å². The second kappa shape index (κ2) is 9.13. The third-order valence-corrected chi connectivity index (χ3v) is 6.51. The molecule has 0 radical (unpaired) electrons. The first-order valence-corrected chi connectivity index (χ1v) is 11.5. The van der Waals surface area contributed by atoms with Crippen molar-refractivity contribution in [1.29, 1.82) is 0 Å². The van der Waals surface area contributed by atoms with Gasteiger partial charge in [-0.25, -0.2) is 9.50 Å². The molecule has 1 atom stereocenters. The second-order valence-electron chi connectivity index (χ2n) is 8.94. The Hall–Kier alpha value is -3.18. The molecular formula is C27H31N5. The van der Waals surface area contributed by atoms with Crippen molar-refractivity contribution in [2.75, 3.05) is 25.0 Å². The first-order chi connectivity index (χ1) is 15.7. The average Bonchev–Trinajstić information content (AvgIpc) is 3.16. The molecule has 0 saturated carbocycles. The maximum Gasteiger partial charge on any atom is 0.179 e. The summed E-state index contributed by atoms with van der Waals surface area (Å²) in [6.45, 7) is 6.15. The Balaban J connectivity index is 1.41. The van der Waals surface area contributed by atoms with E-state index in [0.29, 0.717) is 5.92 Å². The van der Waals surface area contributed by atoms with Crippen molar-refractivity contribution in [2.45, 2.75) is 38.8 Å². The number of benzene rings is 2. The van der Waals surface area contributed by atoms with Gasteiger partial charge >= 0.3 is 0 Å². The molecular weight excluding hydrogens is 394 g/mol. The highest BCUT2D eigenvalue weighted by Gasteiger charge is 2.25. The van der Waals surface area contributed by atoms with E-state index in [9.17, 15) is 0 Å². The molecule has 164 valence electrons. The quantitative estimate of drug-likeness (QED) is 0.433. The van der Waals surface area contributed by atoms with Crippen LogP contribution >= 0.6 is 0 Å². The van der Waals surface area contributed by atoms with Gasteiger partial charge in [-0.3, -0.25) is 4.90 Å². The van der Waals surface area contributed by atoms with Crippen LogP contribution in [0.1, 0.15) is 41.3 Å². The van der Waals surface area contributed by atoms with Gasteiger partial charge in [0.2, 0.25) is 0 Å². The van der Waals surface area contributed by atoms with Gasteiger partial charge in [0.15, 0.2) is 5.65 Å². The van der Waals surface area contributed by atoms with Crippen LogP contribution in [0.25, 0.3) is 5.65 Å². The third-order valence-electron chi connectivity index (χ3n) is 6.51. The van der Waals surface area contributed by atoms with Crippen molar-refractivity contribution >= 4 is 11.3 Å². The molecule has 1 saturated heterocycles. The van der Waals surface area contributed by atoms with E-state index in [1.165, 1.54) is 29.7 Å². The highest BCUT2D eigenvalue weighted by atomic mass is 15.3. The van der Waals surface area contributed by atoms with Gasteiger partial charge < -0.3 is 4.90 Å². The molecule has 0 bridgehead atoms. The standard InChI is InChI=1S/C27H31N5/c1-21-26(30(2)18-22-10-5-3-6-11-22)27-28-16-15-25(32(27)29-21)24-14-9-17-31(20-24)19-23-12-7-4-8-13-23/h3-8,10-13,15-16,24H,9,14,17-20H2,1-2H3. The number of nitrogens with zero attached hydrogens (tertiary/aromatic N) is 5. The molecule has 5 nitrogen and oxygen atoms in total. The minimum absolute atomic E-state index is 0.463. The lowest BCUT2D eigenvalue weighted by Gasteiger charge is -2.33. The zero-order chi connectivity index (χ0) is 21.9. The Bertz CT molecular complexity index is 1170. The van der Waals surface area contributed by atoms with Crippen LogP contribution in [0, 0.1) is 6.92 Å². The summed E-state index contributed by atoms with van der Waals surface area (Å²) in [4.78, 5) is 9.60. The molecule has 4 aromatic rings. The number of likely N-dealkylation sites (tertiary alicyclic amines) is 1. The van der Waals surface area contributed by atoms with Crippen molar-refractivity contribution in [2.24, 2.45) is 0 Å². The van der Waals surface area contributed by atoms with Gasteiger partial charge in [0.25, 0.3) is 0 Å². The summed E-state index contributed by atoms with van der Waals surface area (Å²) in [6, 6.07) is 23.5. The van der Waals surface area contributed by atoms with Crippen LogP contribution in [-0.4, -0.2) is 39.6 Å². The van der Waals surface area contributed by atoms with Crippen LogP contribution in [0.4, 0.5) is 5.69 Å². The molecule has 5 heteroatoms. The predicted octanol–water partition coefficient (Wildman–Crippen LogP) is 5.05. The highest BCUT2D eigenvalue weighted by Crippen LogP contribution is 2.31. The van der Waals surface area contributed by atoms with E-state index < -0.39 is 0 Å². The van der Waals surface area contributed by atoms with Crippen molar-refractivity contribution < 1.29 is 0 Å². The largest absolute Gasteiger partial charge is 0.366 e. The van der Waals surface area contributed by atoms with E-state index >= 15 is 0 Å². The molecule has 0 aliphatic carbocycles. The summed E-state index contributed by atoms with van der Waals surface area (Å²) in [7, 11) is 2.13. The van der Waals surface area contributed by atoms with Crippen LogP contribution in [0.15, 0.2) is 72.9 Å². The zero-order valence-electron chi connectivity index (χ0n) is 19.0. The number of aromatic nitrogens is 3. The molecule has 32 heavy (non-hydrogen) atoms. The van der Waals surface area contributed by atoms with E-state index in [1.807, 2.05) is 6.20 Å². The number of hydrogen-bond donors (Lipinski definition) is 0. The number of fused-ring (bicyclic) bond motifs is 1. The fraction of sp³-hybridized carbons (Fsp3) is 0.333. The number of anilines is 1. The molecule has 3 heterocycles. The van der Waals surface area contributed by atoms with Gasteiger partial charge in [0.05, 0.1) is 11.4 Å². The molecule has 1 aliphatic heterocycles. The van der Waals surface area contributed by atoms with Gasteiger partial charge in [0, 0.05) is 38.8 Å². The molecule has 0 N–H and O–H groups in total. The maximum absolute atomic E-state index is 4.95. The van der Waals surface area contributed by atoms with Gasteiger partial charge in [-0.05, 0) is 43.5 Å². The fourth-order valence-corrected chi connectivity index (χ4v) is 5.03. The summed E-state index contributed by atoms with van der Waals surface area (Å²) in [5, 5.41) is 4.95. The van der Waals surface area contributed by atoms with Crippen LogP contribution in [0.5, 0.6) is 0 Å². The Morgan fingerprint density at radius 1 is 0.969 bits per heavy atom.